The molecule has 1 saturated carbocycles. The van der Waals surface area contributed by atoms with Crippen LogP contribution in [0.15, 0.2) is 24.4 Å². The minimum absolute atomic E-state index is 0.00698. The number of carbonyl (C=O) groups is 2. The van der Waals surface area contributed by atoms with Crippen molar-refractivity contribution >= 4 is 46.3 Å². The maximum Gasteiger partial charge on any atom is 0.237 e. The normalized spacial score (nSPS) is 20.2. The van der Waals surface area contributed by atoms with Crippen molar-refractivity contribution in [2.24, 2.45) is 5.92 Å². The van der Waals surface area contributed by atoms with E-state index in [2.05, 4.69) is 23.0 Å². The number of amides is 2. The lowest BCUT2D eigenvalue weighted by Gasteiger charge is -2.31. The molecule has 7 heteroatoms. The third-order valence-electron chi connectivity index (χ3n) is 5.17. The second kappa shape index (κ2) is 6.76. The number of aromatic nitrogens is 2. The van der Waals surface area contributed by atoms with E-state index in [9.17, 15) is 9.59 Å². The second-order valence-electron chi connectivity index (χ2n) is 7.00. The van der Waals surface area contributed by atoms with Crippen molar-refractivity contribution < 1.29 is 9.59 Å². The number of fused-ring (bicyclic) bond motifs is 1. The first-order chi connectivity index (χ1) is 12.6. The van der Waals surface area contributed by atoms with Gasteiger partial charge >= 0.3 is 0 Å². The van der Waals surface area contributed by atoms with Crippen LogP contribution in [0, 0.1) is 5.92 Å². The van der Waals surface area contributed by atoms with Crippen LogP contribution in [0.1, 0.15) is 25.3 Å². The summed E-state index contributed by atoms with van der Waals surface area (Å²) < 4.78 is 0. The Kier molecular flexibility index (Phi) is 4.44. The first-order valence-electron chi connectivity index (χ1n) is 8.88. The van der Waals surface area contributed by atoms with Crippen LogP contribution in [-0.2, 0) is 9.59 Å². The summed E-state index contributed by atoms with van der Waals surface area (Å²) in [6.45, 7) is 3.30. The van der Waals surface area contributed by atoms with Crippen molar-refractivity contribution in [2.45, 2.75) is 25.8 Å². The van der Waals surface area contributed by atoms with Gasteiger partial charge in [0.15, 0.2) is 0 Å². The Hall–Kier alpha value is -2.34. The van der Waals surface area contributed by atoms with Gasteiger partial charge < -0.3 is 9.88 Å². The van der Waals surface area contributed by atoms with E-state index in [0.29, 0.717) is 18.9 Å². The van der Waals surface area contributed by atoms with Crippen LogP contribution in [0.5, 0.6) is 0 Å². The molecule has 2 amide bonds. The zero-order chi connectivity index (χ0) is 18.3. The molecule has 1 fully saturated rings. The Morgan fingerprint density at radius 1 is 1.50 bits per heavy atom. The van der Waals surface area contributed by atoms with Gasteiger partial charge in [0.1, 0.15) is 17.3 Å². The molecule has 3 heterocycles. The number of halogens is 1. The van der Waals surface area contributed by atoms with Crippen molar-refractivity contribution in [3.05, 3.63) is 30.0 Å². The van der Waals surface area contributed by atoms with E-state index in [-0.39, 0.29) is 23.7 Å². The first-order valence-corrected chi connectivity index (χ1v) is 9.41. The van der Waals surface area contributed by atoms with Gasteiger partial charge in [0.05, 0.1) is 0 Å². The van der Waals surface area contributed by atoms with E-state index >= 15 is 0 Å². The molecule has 1 aliphatic heterocycles. The third-order valence-corrected chi connectivity index (χ3v) is 5.40. The number of H-pyrrole nitrogens is 1. The van der Waals surface area contributed by atoms with Crippen LogP contribution in [0.3, 0.4) is 0 Å². The van der Waals surface area contributed by atoms with Crippen LogP contribution in [-0.4, -0.2) is 52.2 Å². The lowest BCUT2D eigenvalue weighted by atomic mass is 9.89. The highest BCUT2D eigenvalue weighted by Gasteiger charge is 2.31. The quantitative estimate of drug-likeness (QED) is 0.648. The molecule has 1 N–H and O–H groups in total. The van der Waals surface area contributed by atoms with Crippen molar-refractivity contribution in [1.29, 1.82) is 0 Å². The maximum absolute atomic E-state index is 11.9. The van der Waals surface area contributed by atoms with E-state index in [1.807, 2.05) is 18.3 Å². The van der Waals surface area contributed by atoms with Gasteiger partial charge in [-0.1, -0.05) is 13.0 Å². The molecule has 136 valence electrons. The number of pyridine rings is 1. The fourth-order valence-corrected chi connectivity index (χ4v) is 3.82. The summed E-state index contributed by atoms with van der Waals surface area (Å²) in [6.07, 6.45) is 6.87. The number of rotatable bonds is 5. The minimum atomic E-state index is -0.0445. The molecule has 1 atom stereocenters. The summed E-state index contributed by atoms with van der Waals surface area (Å²) in [6, 6.07) is 4.27. The SMILES string of the molecule is C[C@@H]1CN(C(=O)CCl)CC=C1c1cc(N(C=O)C2CC2)nc2[nH]ccc12. The van der Waals surface area contributed by atoms with E-state index < -0.39 is 0 Å². The average Bonchev–Trinajstić information content (AvgIpc) is 3.37. The fourth-order valence-electron chi connectivity index (χ4n) is 3.65. The van der Waals surface area contributed by atoms with Crippen LogP contribution < -0.4 is 4.90 Å². The van der Waals surface area contributed by atoms with E-state index in [1.54, 1.807) is 9.80 Å². The average molecular weight is 373 g/mol. The number of alkyl halides is 1. The molecule has 0 saturated heterocycles. The lowest BCUT2D eigenvalue weighted by Crippen LogP contribution is -2.38. The Labute approximate surface area is 156 Å². The van der Waals surface area contributed by atoms with Gasteiger partial charge in [-0.25, -0.2) is 4.98 Å². The van der Waals surface area contributed by atoms with Gasteiger partial charge in [0, 0.05) is 30.7 Å². The van der Waals surface area contributed by atoms with Crippen LogP contribution in [0.25, 0.3) is 16.6 Å². The summed E-state index contributed by atoms with van der Waals surface area (Å²) in [5.74, 6) is 0.819. The van der Waals surface area contributed by atoms with E-state index in [4.69, 9.17) is 11.6 Å². The number of hydrogen-bond acceptors (Lipinski definition) is 3. The predicted octanol–water partition coefficient (Wildman–Crippen LogP) is 2.79. The van der Waals surface area contributed by atoms with Crippen LogP contribution in [0.4, 0.5) is 5.82 Å². The number of carbonyl (C=O) groups excluding carboxylic acids is 2. The maximum atomic E-state index is 11.9. The molecule has 26 heavy (non-hydrogen) atoms. The van der Waals surface area contributed by atoms with Gasteiger partial charge in [0.2, 0.25) is 12.3 Å². The molecule has 0 bridgehead atoms. The highest BCUT2D eigenvalue weighted by molar-refractivity contribution is 6.27. The predicted molar refractivity (Wildman–Crippen MR) is 102 cm³/mol. The molecule has 2 aromatic rings. The zero-order valence-electron chi connectivity index (χ0n) is 14.6. The Balaban J connectivity index is 1.76. The molecular weight excluding hydrogens is 352 g/mol. The number of hydrogen-bond donors (Lipinski definition) is 1. The standard InChI is InChI=1S/C19H21ClN4O2/c1-12-10-23(18(26)9-20)7-5-14(12)16-8-17(24(11-25)13-2-3-13)22-19-15(16)4-6-21-19/h4-6,8,11-13H,2-3,7,9-10H2,1H3,(H,21,22)/t12-/m1/s1. The highest BCUT2D eigenvalue weighted by Crippen LogP contribution is 2.36. The lowest BCUT2D eigenvalue weighted by molar-refractivity contribution is -0.128. The van der Waals surface area contributed by atoms with Crippen molar-refractivity contribution in [1.82, 2.24) is 14.9 Å². The molecular formula is C19H21ClN4O2. The van der Waals surface area contributed by atoms with E-state index in [0.717, 1.165) is 35.8 Å². The molecule has 0 unspecified atom stereocenters. The fraction of sp³-hybridized carbons (Fsp3) is 0.421. The smallest absolute Gasteiger partial charge is 0.237 e. The molecule has 4 rings (SSSR count). The summed E-state index contributed by atoms with van der Waals surface area (Å²) in [4.78, 5) is 34.8. The van der Waals surface area contributed by atoms with Gasteiger partial charge in [-0.2, -0.15) is 0 Å². The Morgan fingerprint density at radius 3 is 2.96 bits per heavy atom. The molecule has 6 nitrogen and oxygen atoms in total. The van der Waals surface area contributed by atoms with Gasteiger partial charge in [0.25, 0.3) is 0 Å². The van der Waals surface area contributed by atoms with Crippen LogP contribution in [0.2, 0.25) is 0 Å². The number of aromatic amines is 1. The molecule has 2 aliphatic rings. The van der Waals surface area contributed by atoms with Gasteiger partial charge in [-0.3, -0.25) is 14.5 Å². The number of anilines is 1. The minimum Gasteiger partial charge on any atom is -0.346 e. The molecule has 0 radical (unpaired) electrons. The molecule has 0 aromatic carbocycles. The van der Waals surface area contributed by atoms with E-state index in [1.165, 1.54) is 5.57 Å². The Morgan fingerprint density at radius 2 is 2.31 bits per heavy atom. The van der Waals surface area contributed by atoms with Crippen molar-refractivity contribution in [3.8, 4) is 0 Å². The largest absolute Gasteiger partial charge is 0.346 e. The zero-order valence-corrected chi connectivity index (χ0v) is 15.4. The van der Waals surface area contributed by atoms with Gasteiger partial charge in [-0.05, 0) is 42.0 Å². The highest BCUT2D eigenvalue weighted by atomic mass is 35.5. The summed E-state index contributed by atoms with van der Waals surface area (Å²) in [5.41, 5.74) is 3.03. The van der Waals surface area contributed by atoms with Crippen molar-refractivity contribution in [2.75, 3.05) is 23.9 Å². The molecule has 0 spiro atoms. The second-order valence-corrected chi connectivity index (χ2v) is 7.27. The summed E-state index contributed by atoms with van der Waals surface area (Å²) >= 11 is 5.69. The summed E-state index contributed by atoms with van der Waals surface area (Å²) in [7, 11) is 0. The monoisotopic (exact) mass is 372 g/mol. The number of nitrogens with one attached hydrogen (secondary N) is 1. The summed E-state index contributed by atoms with van der Waals surface area (Å²) in [5, 5.41) is 1.03. The topological polar surface area (TPSA) is 69.3 Å². The molecule has 1 aliphatic carbocycles. The third kappa shape index (κ3) is 2.98. The Bertz CT molecular complexity index is 887. The first kappa shape index (κ1) is 17.1. The molecule has 2 aromatic heterocycles. The van der Waals surface area contributed by atoms with Crippen LogP contribution >= 0.6 is 11.6 Å². The number of nitrogens with zero attached hydrogens (tertiary/aromatic N) is 3. The van der Waals surface area contributed by atoms with Crippen molar-refractivity contribution in [3.63, 3.8) is 0 Å². The van der Waals surface area contributed by atoms with Gasteiger partial charge in [-0.15, -0.1) is 11.6 Å².